The first kappa shape index (κ1) is 19.3. The molecule has 4 aromatic rings. The number of para-hydroxylation sites is 2. The van der Waals surface area contributed by atoms with Crippen LogP contribution in [0.15, 0.2) is 77.7 Å². The average molecular weight is 404 g/mol. The standard InChI is InChI=1S/C22H20N4O4/c1-29-19-9-3-2-8-17(19)24-21(27)15-26(13-16-7-6-12-30-16)22(28)18-14-25-11-5-4-10-20(25)23-18/h2-12,14H,13,15H2,1H3,(H,24,27). The average Bonchev–Trinajstić information content (AvgIpc) is 3.42. The molecule has 0 radical (unpaired) electrons. The lowest BCUT2D eigenvalue weighted by atomic mass is 10.3. The monoisotopic (exact) mass is 404 g/mol. The molecule has 0 spiro atoms. The Hall–Kier alpha value is -4.07. The molecule has 1 N–H and O–H groups in total. The highest BCUT2D eigenvalue weighted by molar-refractivity contribution is 5.99. The van der Waals surface area contributed by atoms with E-state index in [1.807, 2.05) is 30.5 Å². The number of ether oxygens (including phenoxy) is 1. The van der Waals surface area contributed by atoms with Crippen molar-refractivity contribution in [3.63, 3.8) is 0 Å². The summed E-state index contributed by atoms with van der Waals surface area (Å²) >= 11 is 0. The molecule has 0 unspecified atom stereocenters. The van der Waals surface area contributed by atoms with E-state index in [0.29, 0.717) is 22.8 Å². The second-order valence-corrected chi connectivity index (χ2v) is 6.58. The summed E-state index contributed by atoms with van der Waals surface area (Å²) in [7, 11) is 1.53. The molecule has 0 aliphatic carbocycles. The fourth-order valence-electron chi connectivity index (χ4n) is 3.10. The van der Waals surface area contributed by atoms with Gasteiger partial charge in [-0.25, -0.2) is 4.98 Å². The lowest BCUT2D eigenvalue weighted by Gasteiger charge is -2.20. The molecule has 0 bridgehead atoms. The third-order valence-electron chi connectivity index (χ3n) is 4.51. The molecule has 4 rings (SSSR count). The Bertz CT molecular complexity index is 1130. The number of hydrogen-bond acceptors (Lipinski definition) is 5. The summed E-state index contributed by atoms with van der Waals surface area (Å²) in [4.78, 5) is 31.6. The normalized spacial score (nSPS) is 10.7. The molecule has 1 aromatic carbocycles. The molecule has 8 heteroatoms. The lowest BCUT2D eigenvalue weighted by molar-refractivity contribution is -0.117. The van der Waals surface area contributed by atoms with Crippen LogP contribution in [0, 0.1) is 0 Å². The van der Waals surface area contributed by atoms with Gasteiger partial charge in [0.15, 0.2) is 0 Å². The molecule has 152 valence electrons. The van der Waals surface area contributed by atoms with E-state index in [9.17, 15) is 9.59 Å². The molecule has 2 amide bonds. The summed E-state index contributed by atoms with van der Waals surface area (Å²) in [5.74, 6) is 0.376. The van der Waals surface area contributed by atoms with Crippen LogP contribution in [-0.2, 0) is 11.3 Å². The molecule has 3 aromatic heterocycles. The Kier molecular flexibility index (Phi) is 5.47. The van der Waals surface area contributed by atoms with Gasteiger partial charge in [-0.3, -0.25) is 9.59 Å². The number of hydrogen-bond donors (Lipinski definition) is 1. The van der Waals surface area contributed by atoms with Gasteiger partial charge in [0.05, 0.1) is 25.6 Å². The second kappa shape index (κ2) is 8.52. The first-order valence-electron chi connectivity index (χ1n) is 9.32. The van der Waals surface area contributed by atoms with Crippen molar-refractivity contribution in [1.29, 1.82) is 0 Å². The number of benzene rings is 1. The van der Waals surface area contributed by atoms with Crippen molar-refractivity contribution < 1.29 is 18.7 Å². The van der Waals surface area contributed by atoms with Gasteiger partial charge in [-0.2, -0.15) is 0 Å². The number of carbonyl (C=O) groups excluding carboxylic acids is 2. The molecule has 0 saturated carbocycles. The molecule has 8 nitrogen and oxygen atoms in total. The van der Waals surface area contributed by atoms with Gasteiger partial charge in [-0.15, -0.1) is 0 Å². The van der Waals surface area contributed by atoms with Crippen LogP contribution in [0.1, 0.15) is 16.2 Å². The number of methoxy groups -OCH3 is 1. The molecule has 3 heterocycles. The van der Waals surface area contributed by atoms with E-state index in [1.165, 1.54) is 18.3 Å². The number of nitrogens with one attached hydrogen (secondary N) is 1. The van der Waals surface area contributed by atoms with Gasteiger partial charge in [-0.1, -0.05) is 18.2 Å². The summed E-state index contributed by atoms with van der Waals surface area (Å²) in [5, 5.41) is 2.79. The third kappa shape index (κ3) is 4.17. The van der Waals surface area contributed by atoms with E-state index < -0.39 is 0 Å². The topological polar surface area (TPSA) is 89.1 Å². The molecule has 0 aliphatic rings. The van der Waals surface area contributed by atoms with Crippen molar-refractivity contribution in [2.24, 2.45) is 0 Å². The lowest BCUT2D eigenvalue weighted by Crippen LogP contribution is -2.37. The van der Waals surface area contributed by atoms with E-state index >= 15 is 0 Å². The fourth-order valence-corrected chi connectivity index (χ4v) is 3.10. The van der Waals surface area contributed by atoms with Crippen molar-refractivity contribution >= 4 is 23.1 Å². The minimum Gasteiger partial charge on any atom is -0.495 e. The number of fused-ring (bicyclic) bond motifs is 1. The van der Waals surface area contributed by atoms with Gasteiger partial charge in [0.25, 0.3) is 5.91 Å². The van der Waals surface area contributed by atoms with Crippen LogP contribution in [0.25, 0.3) is 5.65 Å². The first-order valence-corrected chi connectivity index (χ1v) is 9.32. The van der Waals surface area contributed by atoms with Crippen molar-refractivity contribution in [1.82, 2.24) is 14.3 Å². The number of aromatic nitrogens is 2. The van der Waals surface area contributed by atoms with Gasteiger partial charge < -0.3 is 23.8 Å². The zero-order valence-corrected chi connectivity index (χ0v) is 16.3. The van der Waals surface area contributed by atoms with Gasteiger partial charge in [0.2, 0.25) is 5.91 Å². The minimum absolute atomic E-state index is 0.138. The molecule has 0 atom stereocenters. The van der Waals surface area contributed by atoms with Crippen LogP contribution in [0.4, 0.5) is 5.69 Å². The van der Waals surface area contributed by atoms with Gasteiger partial charge in [-0.05, 0) is 36.4 Å². The summed E-state index contributed by atoms with van der Waals surface area (Å²) < 4.78 is 12.4. The Morgan fingerprint density at radius 2 is 1.97 bits per heavy atom. The number of rotatable bonds is 7. The SMILES string of the molecule is COc1ccccc1NC(=O)CN(Cc1ccco1)C(=O)c1cn2ccccc2n1. The Morgan fingerprint density at radius 1 is 1.13 bits per heavy atom. The number of anilines is 1. The maximum Gasteiger partial charge on any atom is 0.274 e. The maximum absolute atomic E-state index is 13.2. The number of pyridine rings is 1. The highest BCUT2D eigenvalue weighted by Crippen LogP contribution is 2.23. The van der Waals surface area contributed by atoms with Gasteiger partial charge in [0.1, 0.15) is 29.4 Å². The quantitative estimate of drug-likeness (QED) is 0.511. The first-order chi connectivity index (χ1) is 14.6. The number of amides is 2. The minimum atomic E-state index is -0.370. The molecule has 30 heavy (non-hydrogen) atoms. The van der Waals surface area contributed by atoms with Crippen LogP contribution < -0.4 is 10.1 Å². The molecule has 0 saturated heterocycles. The summed E-state index contributed by atoms with van der Waals surface area (Å²) in [5.41, 5.74) is 1.43. The summed E-state index contributed by atoms with van der Waals surface area (Å²) in [6.07, 6.45) is 4.98. The largest absolute Gasteiger partial charge is 0.495 e. The zero-order valence-electron chi connectivity index (χ0n) is 16.3. The second-order valence-electron chi connectivity index (χ2n) is 6.58. The van der Waals surface area contributed by atoms with E-state index in [4.69, 9.17) is 9.15 Å². The fraction of sp³-hybridized carbons (Fsp3) is 0.136. The molecular weight excluding hydrogens is 384 g/mol. The summed E-state index contributed by atoms with van der Waals surface area (Å²) in [6.45, 7) is -0.0372. The van der Waals surface area contributed by atoms with E-state index in [-0.39, 0.29) is 30.6 Å². The van der Waals surface area contributed by atoms with E-state index in [1.54, 1.807) is 40.9 Å². The smallest absolute Gasteiger partial charge is 0.274 e. The number of imidazole rings is 1. The molecule has 0 fully saturated rings. The Balaban J connectivity index is 1.56. The molecule has 0 aliphatic heterocycles. The van der Waals surface area contributed by atoms with Crippen molar-refractivity contribution in [3.05, 3.63) is 84.7 Å². The number of carbonyl (C=O) groups is 2. The third-order valence-corrected chi connectivity index (χ3v) is 4.51. The Labute approximate surface area is 172 Å². The van der Waals surface area contributed by atoms with E-state index in [2.05, 4.69) is 10.3 Å². The summed E-state index contributed by atoms with van der Waals surface area (Å²) in [6, 6.07) is 16.1. The Morgan fingerprint density at radius 3 is 2.73 bits per heavy atom. The van der Waals surface area contributed by atoms with Crippen LogP contribution >= 0.6 is 0 Å². The van der Waals surface area contributed by atoms with Gasteiger partial charge >= 0.3 is 0 Å². The van der Waals surface area contributed by atoms with E-state index in [0.717, 1.165) is 0 Å². The van der Waals surface area contributed by atoms with Crippen molar-refractivity contribution in [3.8, 4) is 5.75 Å². The highest BCUT2D eigenvalue weighted by Gasteiger charge is 2.23. The van der Waals surface area contributed by atoms with Crippen LogP contribution in [0.2, 0.25) is 0 Å². The van der Waals surface area contributed by atoms with Crippen LogP contribution in [0.3, 0.4) is 0 Å². The number of nitrogens with zero attached hydrogens (tertiary/aromatic N) is 3. The predicted molar refractivity (Wildman–Crippen MR) is 110 cm³/mol. The van der Waals surface area contributed by atoms with Gasteiger partial charge in [0, 0.05) is 12.4 Å². The van der Waals surface area contributed by atoms with Crippen LogP contribution in [-0.4, -0.2) is 39.8 Å². The van der Waals surface area contributed by atoms with Crippen molar-refractivity contribution in [2.75, 3.05) is 19.0 Å². The number of furan rings is 1. The van der Waals surface area contributed by atoms with Crippen molar-refractivity contribution in [2.45, 2.75) is 6.54 Å². The molecular formula is C22H20N4O4. The highest BCUT2D eigenvalue weighted by atomic mass is 16.5. The maximum atomic E-state index is 13.2. The van der Waals surface area contributed by atoms with Crippen LogP contribution in [0.5, 0.6) is 5.75 Å². The predicted octanol–water partition coefficient (Wildman–Crippen LogP) is 3.22. The zero-order chi connectivity index (χ0) is 20.9.